The van der Waals surface area contributed by atoms with Crippen LogP contribution in [0.3, 0.4) is 0 Å². The molecular weight excluding hydrogens is 278 g/mol. The first kappa shape index (κ1) is 13.4. The lowest BCUT2D eigenvalue weighted by molar-refractivity contribution is -0.164. The Kier molecular flexibility index (Phi) is 3.42. The second kappa shape index (κ2) is 5.09. The SMILES string of the molecule is O=C(c1ccc(Cl)cc1)N1CCOC(=O)C12CCCC2. The molecule has 1 aliphatic heterocycles. The maximum atomic E-state index is 12.7. The summed E-state index contributed by atoms with van der Waals surface area (Å²) in [6.45, 7) is 0.743. The Morgan fingerprint density at radius 3 is 2.50 bits per heavy atom. The zero-order valence-electron chi connectivity index (χ0n) is 11.1. The van der Waals surface area contributed by atoms with E-state index in [0.717, 1.165) is 12.8 Å². The molecule has 1 heterocycles. The van der Waals surface area contributed by atoms with Gasteiger partial charge in [0.05, 0.1) is 6.54 Å². The molecule has 2 aliphatic rings. The van der Waals surface area contributed by atoms with Gasteiger partial charge in [0.1, 0.15) is 12.1 Å². The molecule has 1 aromatic rings. The molecule has 1 saturated heterocycles. The summed E-state index contributed by atoms with van der Waals surface area (Å²) in [5.41, 5.74) is -0.176. The van der Waals surface area contributed by atoms with Crippen molar-refractivity contribution in [1.29, 1.82) is 0 Å². The molecule has 1 aromatic carbocycles. The van der Waals surface area contributed by atoms with E-state index in [-0.39, 0.29) is 18.5 Å². The van der Waals surface area contributed by atoms with E-state index in [2.05, 4.69) is 0 Å². The van der Waals surface area contributed by atoms with Gasteiger partial charge in [-0.25, -0.2) is 4.79 Å². The fraction of sp³-hybridized carbons (Fsp3) is 0.467. The molecule has 2 fully saturated rings. The molecule has 4 nitrogen and oxygen atoms in total. The molecule has 20 heavy (non-hydrogen) atoms. The average Bonchev–Trinajstić information content (AvgIpc) is 2.93. The molecule has 1 saturated carbocycles. The lowest BCUT2D eigenvalue weighted by Gasteiger charge is -2.42. The first-order valence-electron chi connectivity index (χ1n) is 6.88. The van der Waals surface area contributed by atoms with Crippen LogP contribution >= 0.6 is 11.6 Å². The van der Waals surface area contributed by atoms with Gasteiger partial charge in [-0.05, 0) is 37.1 Å². The highest BCUT2D eigenvalue weighted by molar-refractivity contribution is 6.30. The zero-order valence-corrected chi connectivity index (χ0v) is 11.9. The van der Waals surface area contributed by atoms with Gasteiger partial charge in [0.15, 0.2) is 0 Å². The fourth-order valence-electron chi connectivity index (χ4n) is 3.17. The topological polar surface area (TPSA) is 46.6 Å². The third-order valence-electron chi connectivity index (χ3n) is 4.21. The molecule has 1 aliphatic carbocycles. The van der Waals surface area contributed by atoms with Gasteiger partial charge in [0.25, 0.3) is 5.91 Å². The predicted octanol–water partition coefficient (Wildman–Crippen LogP) is 2.65. The van der Waals surface area contributed by atoms with Gasteiger partial charge in [0.2, 0.25) is 0 Å². The molecule has 0 aromatic heterocycles. The Balaban J connectivity index is 1.92. The largest absolute Gasteiger partial charge is 0.462 e. The lowest BCUT2D eigenvalue weighted by atomic mass is 9.92. The molecular formula is C15H16ClNO3. The van der Waals surface area contributed by atoms with Crippen molar-refractivity contribution in [3.63, 3.8) is 0 Å². The minimum absolute atomic E-state index is 0.111. The van der Waals surface area contributed by atoms with Crippen molar-refractivity contribution in [2.24, 2.45) is 0 Å². The van der Waals surface area contributed by atoms with Gasteiger partial charge in [-0.15, -0.1) is 0 Å². The Hall–Kier alpha value is -1.55. The van der Waals surface area contributed by atoms with Gasteiger partial charge in [0, 0.05) is 10.6 Å². The smallest absolute Gasteiger partial charge is 0.332 e. The summed E-state index contributed by atoms with van der Waals surface area (Å²) in [7, 11) is 0. The monoisotopic (exact) mass is 293 g/mol. The maximum absolute atomic E-state index is 12.7. The van der Waals surface area contributed by atoms with Gasteiger partial charge >= 0.3 is 5.97 Å². The lowest BCUT2D eigenvalue weighted by Crippen LogP contribution is -2.60. The van der Waals surface area contributed by atoms with E-state index in [9.17, 15) is 9.59 Å². The summed E-state index contributed by atoms with van der Waals surface area (Å²) in [4.78, 5) is 26.6. The van der Waals surface area contributed by atoms with Gasteiger partial charge in [-0.1, -0.05) is 24.4 Å². The molecule has 1 amide bonds. The van der Waals surface area contributed by atoms with Crippen molar-refractivity contribution in [3.05, 3.63) is 34.9 Å². The van der Waals surface area contributed by atoms with Crippen molar-refractivity contribution < 1.29 is 14.3 Å². The van der Waals surface area contributed by atoms with E-state index in [4.69, 9.17) is 16.3 Å². The Morgan fingerprint density at radius 2 is 1.85 bits per heavy atom. The number of benzene rings is 1. The van der Waals surface area contributed by atoms with Crippen molar-refractivity contribution >= 4 is 23.5 Å². The molecule has 3 rings (SSSR count). The first-order chi connectivity index (χ1) is 9.63. The minimum Gasteiger partial charge on any atom is -0.462 e. The molecule has 5 heteroatoms. The zero-order chi connectivity index (χ0) is 14.2. The molecule has 0 radical (unpaired) electrons. The number of rotatable bonds is 1. The molecule has 0 unspecified atom stereocenters. The van der Waals surface area contributed by atoms with E-state index < -0.39 is 5.54 Å². The number of nitrogens with zero attached hydrogens (tertiary/aromatic N) is 1. The van der Waals surface area contributed by atoms with Crippen molar-refractivity contribution in [3.8, 4) is 0 Å². The third-order valence-corrected chi connectivity index (χ3v) is 4.46. The standard InChI is InChI=1S/C15H16ClNO3/c16-12-5-3-11(4-6-12)13(18)17-9-10-20-14(19)15(17)7-1-2-8-15/h3-6H,1-2,7-10H2. The van der Waals surface area contributed by atoms with Gasteiger partial charge in [-0.2, -0.15) is 0 Å². The summed E-state index contributed by atoms with van der Waals surface area (Å²) < 4.78 is 5.20. The van der Waals surface area contributed by atoms with Crippen LogP contribution in [0.5, 0.6) is 0 Å². The van der Waals surface area contributed by atoms with Crippen molar-refractivity contribution in [1.82, 2.24) is 4.90 Å². The van der Waals surface area contributed by atoms with Crippen LogP contribution in [0.4, 0.5) is 0 Å². The summed E-state index contributed by atoms with van der Waals surface area (Å²) in [5, 5.41) is 0.593. The average molecular weight is 294 g/mol. The number of hydrogen-bond acceptors (Lipinski definition) is 3. The molecule has 0 bridgehead atoms. The third kappa shape index (κ3) is 2.08. The summed E-state index contributed by atoms with van der Waals surface area (Å²) in [6.07, 6.45) is 3.31. The van der Waals surface area contributed by atoms with Crippen LogP contribution < -0.4 is 0 Å². The summed E-state index contributed by atoms with van der Waals surface area (Å²) in [6, 6.07) is 6.79. The van der Waals surface area contributed by atoms with Crippen LogP contribution in [-0.2, 0) is 9.53 Å². The molecule has 0 atom stereocenters. The molecule has 1 spiro atoms. The van der Waals surface area contributed by atoms with Gasteiger partial charge in [-0.3, -0.25) is 4.79 Å². The van der Waals surface area contributed by atoms with Crippen LogP contribution in [0.2, 0.25) is 5.02 Å². The second-order valence-electron chi connectivity index (χ2n) is 5.34. The summed E-state index contributed by atoms with van der Waals surface area (Å²) >= 11 is 5.85. The Labute approximate surface area is 122 Å². The van der Waals surface area contributed by atoms with Crippen LogP contribution in [0.15, 0.2) is 24.3 Å². The number of halogens is 1. The number of morpholine rings is 1. The highest BCUT2D eigenvalue weighted by Crippen LogP contribution is 2.39. The van der Waals surface area contributed by atoms with E-state index in [1.807, 2.05) is 0 Å². The van der Waals surface area contributed by atoms with Crippen LogP contribution in [0.1, 0.15) is 36.0 Å². The number of esters is 1. The minimum atomic E-state index is -0.741. The number of hydrogen-bond donors (Lipinski definition) is 0. The number of cyclic esters (lactones) is 1. The first-order valence-corrected chi connectivity index (χ1v) is 7.26. The number of ether oxygens (including phenoxy) is 1. The highest BCUT2D eigenvalue weighted by atomic mass is 35.5. The van der Waals surface area contributed by atoms with Gasteiger partial charge < -0.3 is 9.64 Å². The van der Waals surface area contributed by atoms with E-state index in [1.165, 1.54) is 0 Å². The van der Waals surface area contributed by atoms with Crippen LogP contribution in [0, 0.1) is 0 Å². The molecule has 106 valence electrons. The van der Waals surface area contributed by atoms with Crippen LogP contribution in [0.25, 0.3) is 0 Å². The predicted molar refractivity (Wildman–Crippen MR) is 74.6 cm³/mol. The quantitative estimate of drug-likeness (QED) is 0.748. The van der Waals surface area contributed by atoms with E-state index in [1.54, 1.807) is 29.2 Å². The maximum Gasteiger partial charge on any atom is 0.332 e. The molecule has 0 N–H and O–H groups in total. The summed E-state index contributed by atoms with van der Waals surface area (Å²) in [5.74, 6) is -0.358. The number of amides is 1. The number of carbonyl (C=O) groups excluding carboxylic acids is 2. The highest BCUT2D eigenvalue weighted by Gasteiger charge is 2.51. The normalized spacial score (nSPS) is 21.1. The Morgan fingerprint density at radius 1 is 1.20 bits per heavy atom. The fourth-order valence-corrected chi connectivity index (χ4v) is 3.29. The number of carbonyl (C=O) groups is 2. The van der Waals surface area contributed by atoms with E-state index in [0.29, 0.717) is 30.0 Å². The van der Waals surface area contributed by atoms with Crippen LogP contribution in [-0.4, -0.2) is 35.5 Å². The second-order valence-corrected chi connectivity index (χ2v) is 5.77. The Bertz CT molecular complexity index is 535. The van der Waals surface area contributed by atoms with Crippen molar-refractivity contribution in [2.45, 2.75) is 31.2 Å². The van der Waals surface area contributed by atoms with Crippen molar-refractivity contribution in [2.75, 3.05) is 13.2 Å². The van der Waals surface area contributed by atoms with E-state index >= 15 is 0 Å².